The number of hydrogen-bond donors (Lipinski definition) is 0. The maximum absolute atomic E-state index is 15.0. The highest BCUT2D eigenvalue weighted by Crippen LogP contribution is 2.38. The highest BCUT2D eigenvalue weighted by Gasteiger charge is 2.29. The van der Waals surface area contributed by atoms with Gasteiger partial charge in [-0.15, -0.1) is 0 Å². The van der Waals surface area contributed by atoms with Gasteiger partial charge in [-0.2, -0.15) is 0 Å². The molecule has 0 N–H and O–H groups in total. The first kappa shape index (κ1) is 25.1. The van der Waals surface area contributed by atoms with Crippen molar-refractivity contribution in [1.82, 2.24) is 0 Å². The van der Waals surface area contributed by atoms with Gasteiger partial charge < -0.3 is 4.74 Å². The van der Waals surface area contributed by atoms with Crippen LogP contribution in [0.1, 0.15) is 80.0 Å². The minimum absolute atomic E-state index is 0.0235. The lowest BCUT2D eigenvalue weighted by Crippen LogP contribution is -2.25. The Morgan fingerprint density at radius 1 is 0.943 bits per heavy atom. The van der Waals surface area contributed by atoms with Crippen molar-refractivity contribution < 1.29 is 18.3 Å². The van der Waals surface area contributed by atoms with Gasteiger partial charge in [-0.05, 0) is 91.3 Å². The fraction of sp³-hybridized carbons (Fsp3) is 0.387. The monoisotopic (exact) mass is 476 g/mol. The summed E-state index contributed by atoms with van der Waals surface area (Å²) >= 11 is 0. The van der Waals surface area contributed by atoms with E-state index in [1.54, 1.807) is 0 Å². The van der Waals surface area contributed by atoms with Gasteiger partial charge in [-0.1, -0.05) is 62.7 Å². The first-order valence-corrected chi connectivity index (χ1v) is 12.8. The Balaban J connectivity index is 1.34. The van der Waals surface area contributed by atoms with Crippen LogP contribution in [0.25, 0.3) is 0 Å². The van der Waals surface area contributed by atoms with Gasteiger partial charge in [0.05, 0.1) is 5.92 Å². The molecule has 1 fully saturated rings. The minimum atomic E-state index is -0.476. The fourth-order valence-corrected chi connectivity index (χ4v) is 5.13. The third-order valence-electron chi connectivity index (χ3n) is 7.25. The van der Waals surface area contributed by atoms with Crippen LogP contribution >= 0.6 is 0 Å². The van der Waals surface area contributed by atoms with Crippen LogP contribution in [0.3, 0.4) is 0 Å². The Morgan fingerprint density at radius 3 is 2.17 bits per heavy atom. The van der Waals surface area contributed by atoms with Gasteiger partial charge in [0.15, 0.2) is 0 Å². The average Bonchev–Trinajstić information content (AvgIpc) is 2.88. The molecule has 0 aromatic heterocycles. The predicted molar refractivity (Wildman–Crippen MR) is 136 cm³/mol. The summed E-state index contributed by atoms with van der Waals surface area (Å²) in [7, 11) is 0. The van der Waals surface area contributed by atoms with E-state index in [4.69, 9.17) is 4.74 Å². The second-order valence-electron chi connectivity index (χ2n) is 9.84. The summed E-state index contributed by atoms with van der Waals surface area (Å²) in [6, 6.07) is 20.5. The van der Waals surface area contributed by atoms with Gasteiger partial charge >= 0.3 is 5.97 Å². The molecule has 0 saturated heterocycles. The van der Waals surface area contributed by atoms with E-state index in [-0.39, 0.29) is 29.3 Å². The van der Waals surface area contributed by atoms with Crippen molar-refractivity contribution in [3.63, 3.8) is 0 Å². The van der Waals surface area contributed by atoms with Crippen LogP contribution in [0.5, 0.6) is 5.75 Å². The number of esters is 1. The van der Waals surface area contributed by atoms with Gasteiger partial charge in [-0.3, -0.25) is 4.79 Å². The first-order valence-electron chi connectivity index (χ1n) is 12.8. The molecule has 0 radical (unpaired) electrons. The topological polar surface area (TPSA) is 26.3 Å². The molecular weight excluding hydrogens is 442 g/mol. The van der Waals surface area contributed by atoms with E-state index >= 15 is 0 Å². The number of halogens is 2. The van der Waals surface area contributed by atoms with E-state index in [9.17, 15) is 13.6 Å². The molecule has 3 aromatic carbocycles. The molecule has 0 heterocycles. The number of aryl methyl sites for hydroxylation is 1. The van der Waals surface area contributed by atoms with Crippen LogP contribution in [0.4, 0.5) is 8.78 Å². The molecule has 0 amide bonds. The molecule has 1 saturated carbocycles. The Hall–Kier alpha value is -3.01. The van der Waals surface area contributed by atoms with E-state index in [2.05, 4.69) is 6.92 Å². The lowest BCUT2D eigenvalue weighted by molar-refractivity contribution is -0.140. The van der Waals surface area contributed by atoms with Gasteiger partial charge in [0.25, 0.3) is 0 Å². The zero-order valence-corrected chi connectivity index (χ0v) is 20.6. The van der Waals surface area contributed by atoms with Crippen LogP contribution in [0, 0.1) is 17.6 Å². The Kier molecular flexibility index (Phi) is 8.33. The number of hydrogen-bond acceptors (Lipinski definition) is 2. The molecule has 1 aliphatic rings. The lowest BCUT2D eigenvalue weighted by atomic mass is 9.78. The van der Waals surface area contributed by atoms with Crippen molar-refractivity contribution in [1.29, 1.82) is 0 Å². The van der Waals surface area contributed by atoms with Gasteiger partial charge in [-0.25, -0.2) is 8.78 Å². The van der Waals surface area contributed by atoms with E-state index in [1.807, 2.05) is 61.5 Å². The molecule has 0 unspecified atom stereocenters. The molecule has 184 valence electrons. The van der Waals surface area contributed by atoms with E-state index in [0.29, 0.717) is 43.4 Å². The number of ether oxygens (including phenoxy) is 1. The number of carbonyl (C=O) groups is 1. The van der Waals surface area contributed by atoms with E-state index in [0.717, 1.165) is 18.4 Å². The van der Waals surface area contributed by atoms with Crippen molar-refractivity contribution in [2.75, 3.05) is 0 Å². The SMILES string of the molecule is CCCc1ccc(OC(=O)C2CCC(c3cc(F)c(C[C@H](C)c4ccccc4)c(F)c3)CC2)cc1. The maximum atomic E-state index is 15.0. The Labute approximate surface area is 207 Å². The molecule has 0 bridgehead atoms. The smallest absolute Gasteiger partial charge is 0.314 e. The summed E-state index contributed by atoms with van der Waals surface area (Å²) in [6.45, 7) is 4.12. The van der Waals surface area contributed by atoms with Crippen molar-refractivity contribution in [3.8, 4) is 5.75 Å². The zero-order valence-electron chi connectivity index (χ0n) is 20.6. The third kappa shape index (κ3) is 6.36. The summed E-state index contributed by atoms with van der Waals surface area (Å²) in [5.41, 5.74) is 3.13. The molecule has 4 heteroatoms. The van der Waals surface area contributed by atoms with Crippen LogP contribution in [0.15, 0.2) is 66.7 Å². The summed E-state index contributed by atoms with van der Waals surface area (Å²) < 4.78 is 35.5. The van der Waals surface area contributed by atoms with Crippen LogP contribution in [-0.2, 0) is 17.6 Å². The minimum Gasteiger partial charge on any atom is -0.426 e. The standard InChI is InChI=1S/C31H34F2O2/c1-3-7-22-10-16-27(17-11-22)35-31(34)25-14-12-24(13-15-25)26-19-29(32)28(30(33)20-26)18-21(2)23-8-5-4-6-9-23/h4-6,8-11,16-17,19-21,24-25H,3,7,12-15,18H2,1-2H3/t21-,24?,25?/m0/s1. The lowest BCUT2D eigenvalue weighted by Gasteiger charge is -2.28. The largest absolute Gasteiger partial charge is 0.426 e. The first-order chi connectivity index (χ1) is 16.9. The summed E-state index contributed by atoms with van der Waals surface area (Å²) in [5.74, 6) is -0.697. The van der Waals surface area contributed by atoms with Gasteiger partial charge in [0.1, 0.15) is 17.4 Å². The van der Waals surface area contributed by atoms with Crippen LogP contribution < -0.4 is 4.74 Å². The molecule has 4 rings (SSSR count). The Morgan fingerprint density at radius 2 is 1.57 bits per heavy atom. The van der Waals surface area contributed by atoms with Crippen molar-refractivity contribution in [3.05, 3.63) is 101 Å². The van der Waals surface area contributed by atoms with Crippen molar-refractivity contribution in [2.24, 2.45) is 5.92 Å². The summed E-state index contributed by atoms with van der Waals surface area (Å²) in [5, 5.41) is 0. The highest BCUT2D eigenvalue weighted by atomic mass is 19.1. The predicted octanol–water partition coefficient (Wildman–Crippen LogP) is 8.14. The zero-order chi connectivity index (χ0) is 24.8. The molecule has 2 nitrogen and oxygen atoms in total. The Bertz CT molecular complexity index is 1090. The average molecular weight is 477 g/mol. The van der Waals surface area contributed by atoms with Crippen molar-refractivity contribution in [2.45, 2.75) is 70.6 Å². The van der Waals surface area contributed by atoms with E-state index in [1.165, 1.54) is 17.7 Å². The molecule has 0 spiro atoms. The molecule has 35 heavy (non-hydrogen) atoms. The number of benzene rings is 3. The molecule has 3 aromatic rings. The molecular formula is C31H34F2O2. The second-order valence-corrected chi connectivity index (χ2v) is 9.84. The second kappa shape index (κ2) is 11.6. The van der Waals surface area contributed by atoms with Crippen molar-refractivity contribution >= 4 is 5.97 Å². The quantitative estimate of drug-likeness (QED) is 0.242. The number of carbonyl (C=O) groups excluding carboxylic acids is 1. The summed E-state index contributed by atoms with van der Waals surface area (Å²) in [4.78, 5) is 12.7. The maximum Gasteiger partial charge on any atom is 0.314 e. The normalized spacial score (nSPS) is 18.7. The van der Waals surface area contributed by atoms with Gasteiger partial charge in [0.2, 0.25) is 0 Å². The molecule has 1 atom stereocenters. The molecule has 0 aliphatic heterocycles. The van der Waals surface area contributed by atoms with Crippen LogP contribution in [-0.4, -0.2) is 5.97 Å². The summed E-state index contributed by atoms with van der Waals surface area (Å²) in [6.07, 6.45) is 5.15. The molecule has 1 aliphatic carbocycles. The third-order valence-corrected chi connectivity index (χ3v) is 7.25. The highest BCUT2D eigenvalue weighted by molar-refractivity contribution is 5.75. The van der Waals surface area contributed by atoms with Crippen LogP contribution in [0.2, 0.25) is 0 Å². The van der Waals surface area contributed by atoms with E-state index < -0.39 is 11.6 Å². The van der Waals surface area contributed by atoms with Gasteiger partial charge in [0, 0.05) is 5.56 Å². The fourth-order valence-electron chi connectivity index (χ4n) is 5.13. The number of rotatable bonds is 8.